The Balaban J connectivity index is 1.82. The number of nitrogens with zero attached hydrogens (tertiary/aromatic N) is 3. The van der Waals surface area contributed by atoms with E-state index in [0.29, 0.717) is 32.8 Å². The largest absolute Gasteiger partial charge is 0.385 e. The van der Waals surface area contributed by atoms with E-state index in [9.17, 15) is 10.1 Å². The zero-order valence-corrected chi connectivity index (χ0v) is 16.8. The van der Waals surface area contributed by atoms with Crippen molar-refractivity contribution in [2.24, 2.45) is 0 Å². The molecule has 0 atom stereocenters. The fourth-order valence-corrected chi connectivity index (χ4v) is 3.06. The molecule has 1 aromatic carbocycles. The molecule has 1 fully saturated rings. The molecule has 0 aromatic heterocycles. The van der Waals surface area contributed by atoms with Crippen LogP contribution in [0.3, 0.4) is 0 Å². The van der Waals surface area contributed by atoms with Gasteiger partial charge in [0.15, 0.2) is 6.29 Å². The maximum absolute atomic E-state index is 12.6. The first-order chi connectivity index (χ1) is 13.7. The standard InChI is InChI=1S/C21H30N4O3/c1-3-27-20(28-4-2)16-23-15-19(14-22)21(26)25-12-10-24(11-13-25)17-18-8-6-5-7-9-18/h5-9,15,20,23H,3-4,10-13,16-17H2,1-2H3/b19-15-. The Bertz CT molecular complexity index is 658. The second kappa shape index (κ2) is 12.1. The summed E-state index contributed by atoms with van der Waals surface area (Å²) in [4.78, 5) is 16.7. The lowest BCUT2D eigenvalue weighted by Gasteiger charge is -2.34. The topological polar surface area (TPSA) is 77.8 Å². The molecule has 7 nitrogen and oxygen atoms in total. The fraction of sp³-hybridized carbons (Fsp3) is 0.524. The van der Waals surface area contributed by atoms with Crippen LogP contribution in [0.25, 0.3) is 0 Å². The maximum atomic E-state index is 12.6. The minimum Gasteiger partial charge on any atom is -0.385 e. The molecule has 28 heavy (non-hydrogen) atoms. The first-order valence-electron chi connectivity index (χ1n) is 9.80. The van der Waals surface area contributed by atoms with Gasteiger partial charge in [0.2, 0.25) is 0 Å². The van der Waals surface area contributed by atoms with Crippen LogP contribution >= 0.6 is 0 Å². The van der Waals surface area contributed by atoms with Gasteiger partial charge in [-0.25, -0.2) is 0 Å². The van der Waals surface area contributed by atoms with Crippen LogP contribution in [0.15, 0.2) is 42.1 Å². The Morgan fingerprint density at radius 3 is 2.39 bits per heavy atom. The number of nitrogens with one attached hydrogen (secondary N) is 1. The van der Waals surface area contributed by atoms with Gasteiger partial charge < -0.3 is 19.7 Å². The van der Waals surface area contributed by atoms with Crippen LogP contribution in [0.2, 0.25) is 0 Å². The van der Waals surface area contributed by atoms with Gasteiger partial charge in [0.05, 0.1) is 6.54 Å². The zero-order chi connectivity index (χ0) is 20.2. The Morgan fingerprint density at radius 1 is 1.18 bits per heavy atom. The van der Waals surface area contributed by atoms with Crippen molar-refractivity contribution in [3.05, 3.63) is 47.7 Å². The van der Waals surface area contributed by atoms with Crippen molar-refractivity contribution >= 4 is 5.91 Å². The minimum absolute atomic E-state index is 0.100. The third-order valence-corrected chi connectivity index (χ3v) is 4.50. The number of benzene rings is 1. The molecule has 1 amide bonds. The van der Waals surface area contributed by atoms with E-state index in [0.717, 1.165) is 19.6 Å². The molecule has 0 aliphatic carbocycles. The van der Waals surface area contributed by atoms with Crippen molar-refractivity contribution in [2.75, 3.05) is 45.9 Å². The predicted molar refractivity (Wildman–Crippen MR) is 107 cm³/mol. The molecule has 0 spiro atoms. The second-order valence-corrected chi connectivity index (χ2v) is 6.47. The van der Waals surface area contributed by atoms with Crippen LogP contribution in [-0.4, -0.2) is 67.9 Å². The SMILES string of the molecule is CCOC(CN/C=C(/C#N)C(=O)N1CCN(Cc2ccccc2)CC1)OCC. The molecule has 0 bridgehead atoms. The molecule has 152 valence electrons. The number of ether oxygens (including phenoxy) is 2. The quantitative estimate of drug-likeness (QED) is 0.375. The fourth-order valence-electron chi connectivity index (χ4n) is 3.06. The molecule has 1 heterocycles. The second-order valence-electron chi connectivity index (χ2n) is 6.47. The van der Waals surface area contributed by atoms with Gasteiger partial charge in [0.1, 0.15) is 11.6 Å². The van der Waals surface area contributed by atoms with Crippen LogP contribution in [0.1, 0.15) is 19.4 Å². The van der Waals surface area contributed by atoms with Crippen LogP contribution in [0.5, 0.6) is 0 Å². The lowest BCUT2D eigenvalue weighted by molar-refractivity contribution is -0.132. The summed E-state index contributed by atoms with van der Waals surface area (Å²) in [6.45, 7) is 8.93. The maximum Gasteiger partial charge on any atom is 0.266 e. The predicted octanol–water partition coefficient (Wildman–Crippen LogP) is 1.73. The average Bonchev–Trinajstić information content (AvgIpc) is 2.72. The monoisotopic (exact) mass is 386 g/mol. The van der Waals surface area contributed by atoms with Crippen molar-refractivity contribution in [3.63, 3.8) is 0 Å². The lowest BCUT2D eigenvalue weighted by Crippen LogP contribution is -2.48. The van der Waals surface area contributed by atoms with E-state index < -0.39 is 6.29 Å². The first-order valence-corrected chi connectivity index (χ1v) is 9.80. The van der Waals surface area contributed by atoms with Gasteiger partial charge in [0, 0.05) is 52.1 Å². The summed E-state index contributed by atoms with van der Waals surface area (Å²) in [6, 6.07) is 12.3. The van der Waals surface area contributed by atoms with Gasteiger partial charge in [-0.05, 0) is 19.4 Å². The van der Waals surface area contributed by atoms with E-state index in [2.05, 4.69) is 22.3 Å². The summed E-state index contributed by atoms with van der Waals surface area (Å²) in [7, 11) is 0. The highest BCUT2D eigenvalue weighted by Gasteiger charge is 2.23. The number of amides is 1. The van der Waals surface area contributed by atoms with Gasteiger partial charge in [0.25, 0.3) is 5.91 Å². The van der Waals surface area contributed by atoms with E-state index in [1.807, 2.05) is 38.1 Å². The summed E-state index contributed by atoms with van der Waals surface area (Å²) in [6.07, 6.45) is 1.06. The summed E-state index contributed by atoms with van der Waals surface area (Å²) in [5.74, 6) is -0.237. The van der Waals surface area contributed by atoms with Crippen LogP contribution in [0, 0.1) is 11.3 Å². The molecule has 1 N–H and O–H groups in total. The van der Waals surface area contributed by atoms with Crippen molar-refractivity contribution in [1.82, 2.24) is 15.1 Å². The van der Waals surface area contributed by atoms with E-state index in [4.69, 9.17) is 9.47 Å². The third kappa shape index (κ3) is 6.97. The highest BCUT2D eigenvalue weighted by Crippen LogP contribution is 2.10. The summed E-state index contributed by atoms with van der Waals surface area (Å²) >= 11 is 0. The molecule has 1 aliphatic rings. The van der Waals surface area contributed by atoms with Crippen molar-refractivity contribution in [1.29, 1.82) is 5.26 Å². The summed E-state index contributed by atoms with van der Waals surface area (Å²) in [5.41, 5.74) is 1.37. The Labute approximate surface area is 167 Å². The van der Waals surface area contributed by atoms with Gasteiger partial charge in [-0.1, -0.05) is 30.3 Å². The van der Waals surface area contributed by atoms with Gasteiger partial charge in [-0.2, -0.15) is 5.26 Å². The molecular weight excluding hydrogens is 356 g/mol. The molecule has 0 unspecified atom stereocenters. The van der Waals surface area contributed by atoms with Crippen LogP contribution in [-0.2, 0) is 20.8 Å². The molecule has 1 saturated heterocycles. The van der Waals surface area contributed by atoms with Crippen LogP contribution in [0.4, 0.5) is 0 Å². The highest BCUT2D eigenvalue weighted by molar-refractivity contribution is 5.97. The average molecular weight is 386 g/mol. The number of hydrogen-bond acceptors (Lipinski definition) is 6. The molecule has 2 rings (SSSR count). The van der Waals surface area contributed by atoms with Gasteiger partial charge >= 0.3 is 0 Å². The number of hydrogen-bond donors (Lipinski definition) is 1. The minimum atomic E-state index is -0.400. The van der Waals surface area contributed by atoms with Crippen molar-refractivity contribution in [3.8, 4) is 6.07 Å². The van der Waals surface area contributed by atoms with E-state index >= 15 is 0 Å². The number of piperazine rings is 1. The lowest BCUT2D eigenvalue weighted by atomic mass is 10.2. The Kier molecular flexibility index (Phi) is 9.49. The van der Waals surface area contributed by atoms with Crippen LogP contribution < -0.4 is 5.32 Å². The zero-order valence-electron chi connectivity index (χ0n) is 16.8. The highest BCUT2D eigenvalue weighted by atomic mass is 16.7. The van der Waals surface area contributed by atoms with Gasteiger partial charge in [-0.15, -0.1) is 0 Å². The van der Waals surface area contributed by atoms with Crippen molar-refractivity contribution in [2.45, 2.75) is 26.7 Å². The number of carbonyl (C=O) groups excluding carboxylic acids is 1. The molecular formula is C21H30N4O3. The summed E-state index contributed by atoms with van der Waals surface area (Å²) in [5, 5.41) is 12.3. The molecule has 1 aliphatic heterocycles. The number of rotatable bonds is 10. The molecule has 7 heteroatoms. The third-order valence-electron chi connectivity index (χ3n) is 4.50. The van der Waals surface area contributed by atoms with Crippen molar-refractivity contribution < 1.29 is 14.3 Å². The Morgan fingerprint density at radius 2 is 1.82 bits per heavy atom. The normalized spacial score (nSPS) is 15.5. The molecule has 0 radical (unpaired) electrons. The van der Waals surface area contributed by atoms with E-state index in [1.165, 1.54) is 11.8 Å². The number of nitriles is 1. The molecule has 0 saturated carbocycles. The van der Waals surface area contributed by atoms with E-state index in [1.54, 1.807) is 4.90 Å². The Hall–Kier alpha value is -2.40. The molecule has 1 aromatic rings. The smallest absolute Gasteiger partial charge is 0.266 e. The first kappa shape index (κ1) is 21.9. The van der Waals surface area contributed by atoms with Gasteiger partial charge in [-0.3, -0.25) is 9.69 Å². The number of carbonyl (C=O) groups is 1. The van der Waals surface area contributed by atoms with E-state index in [-0.39, 0.29) is 11.5 Å². The summed E-state index contributed by atoms with van der Waals surface area (Å²) < 4.78 is 10.9.